The molecule has 2 saturated heterocycles. The van der Waals surface area contributed by atoms with Crippen LogP contribution < -0.4 is 15.5 Å². The van der Waals surface area contributed by atoms with Crippen molar-refractivity contribution >= 4 is 11.6 Å². The van der Waals surface area contributed by atoms with Gasteiger partial charge in [-0.15, -0.1) is 0 Å². The molecule has 0 amide bonds. The zero-order chi connectivity index (χ0) is 20.6. The molecular weight excluding hydrogens is 374 g/mol. The first-order chi connectivity index (χ1) is 14.8. The molecule has 0 bridgehead atoms. The first-order valence-corrected chi connectivity index (χ1v) is 11.4. The van der Waals surface area contributed by atoms with Crippen molar-refractivity contribution in [3.8, 4) is 0 Å². The summed E-state index contributed by atoms with van der Waals surface area (Å²) in [5.74, 6) is 2.56. The zero-order valence-electron chi connectivity index (χ0n) is 18.1. The molecule has 6 heteroatoms. The van der Waals surface area contributed by atoms with E-state index in [1.54, 1.807) is 6.26 Å². The maximum atomic E-state index is 5.74. The van der Waals surface area contributed by atoms with Crippen molar-refractivity contribution in [2.75, 3.05) is 50.7 Å². The Morgan fingerprint density at radius 1 is 1.10 bits per heavy atom. The van der Waals surface area contributed by atoms with Crippen LogP contribution in [0.2, 0.25) is 0 Å². The normalized spacial score (nSPS) is 21.2. The van der Waals surface area contributed by atoms with Crippen LogP contribution in [0.3, 0.4) is 0 Å². The first-order valence-electron chi connectivity index (χ1n) is 11.4. The van der Waals surface area contributed by atoms with Crippen molar-refractivity contribution in [2.24, 2.45) is 10.9 Å². The lowest BCUT2D eigenvalue weighted by atomic mass is 10.1. The van der Waals surface area contributed by atoms with Gasteiger partial charge < -0.3 is 20.0 Å². The Morgan fingerprint density at radius 3 is 2.67 bits per heavy atom. The molecule has 3 heterocycles. The van der Waals surface area contributed by atoms with Crippen LogP contribution in [-0.2, 0) is 0 Å². The quantitative estimate of drug-likeness (QED) is 0.516. The van der Waals surface area contributed by atoms with Crippen molar-refractivity contribution in [2.45, 2.75) is 32.2 Å². The van der Waals surface area contributed by atoms with E-state index in [9.17, 15) is 0 Å². The fraction of sp³-hybridized carbons (Fsp3) is 0.542. The largest absolute Gasteiger partial charge is 0.468 e. The van der Waals surface area contributed by atoms with Gasteiger partial charge in [0.25, 0.3) is 0 Å². The van der Waals surface area contributed by atoms with E-state index in [1.165, 1.54) is 24.9 Å². The number of rotatable bonds is 8. The summed E-state index contributed by atoms with van der Waals surface area (Å²) in [6, 6.07) is 15.0. The molecule has 0 spiro atoms. The SMILES string of the molecule is CCNC(=NCC(c1ccco1)N1CCCC1)NCC1CCN(c2ccccc2)C1. The third-order valence-corrected chi connectivity index (χ3v) is 6.18. The van der Waals surface area contributed by atoms with Crippen molar-refractivity contribution in [1.82, 2.24) is 15.5 Å². The maximum Gasteiger partial charge on any atom is 0.191 e. The lowest BCUT2D eigenvalue weighted by molar-refractivity contribution is 0.221. The highest BCUT2D eigenvalue weighted by atomic mass is 16.3. The number of anilines is 1. The van der Waals surface area contributed by atoms with Gasteiger partial charge in [0.1, 0.15) is 5.76 Å². The predicted octanol–water partition coefficient (Wildman–Crippen LogP) is 3.50. The fourth-order valence-electron chi connectivity index (χ4n) is 4.55. The Morgan fingerprint density at radius 2 is 1.93 bits per heavy atom. The van der Waals surface area contributed by atoms with Crippen LogP contribution in [0.4, 0.5) is 5.69 Å². The minimum absolute atomic E-state index is 0.220. The highest BCUT2D eigenvalue weighted by Gasteiger charge is 2.26. The summed E-state index contributed by atoms with van der Waals surface area (Å²) in [6.45, 7) is 9.12. The number of benzene rings is 1. The number of nitrogens with one attached hydrogen (secondary N) is 2. The van der Waals surface area contributed by atoms with Gasteiger partial charge in [0.15, 0.2) is 5.96 Å². The van der Waals surface area contributed by atoms with Crippen molar-refractivity contribution in [1.29, 1.82) is 0 Å². The highest BCUT2D eigenvalue weighted by Crippen LogP contribution is 2.26. The molecule has 0 saturated carbocycles. The molecule has 1 aromatic carbocycles. The molecule has 2 atom stereocenters. The van der Waals surface area contributed by atoms with Gasteiger partial charge in [-0.1, -0.05) is 18.2 Å². The van der Waals surface area contributed by atoms with Crippen LogP contribution in [0.15, 0.2) is 58.1 Å². The number of hydrogen-bond acceptors (Lipinski definition) is 4. The van der Waals surface area contributed by atoms with E-state index < -0.39 is 0 Å². The number of guanidine groups is 1. The van der Waals surface area contributed by atoms with E-state index in [0.717, 1.165) is 51.0 Å². The van der Waals surface area contributed by atoms with Gasteiger partial charge in [-0.2, -0.15) is 0 Å². The van der Waals surface area contributed by atoms with Gasteiger partial charge in [0.05, 0.1) is 18.8 Å². The van der Waals surface area contributed by atoms with Gasteiger partial charge in [-0.3, -0.25) is 9.89 Å². The van der Waals surface area contributed by atoms with Crippen LogP contribution >= 0.6 is 0 Å². The molecule has 30 heavy (non-hydrogen) atoms. The molecule has 1 aromatic heterocycles. The molecule has 2 aliphatic heterocycles. The molecule has 2 aromatic rings. The Bertz CT molecular complexity index is 770. The Hall–Kier alpha value is -2.47. The summed E-state index contributed by atoms with van der Waals surface area (Å²) in [5, 5.41) is 7.01. The molecule has 162 valence electrons. The average molecular weight is 410 g/mol. The number of hydrogen-bond donors (Lipinski definition) is 2. The van der Waals surface area contributed by atoms with Gasteiger partial charge >= 0.3 is 0 Å². The van der Waals surface area contributed by atoms with Crippen LogP contribution in [0.1, 0.15) is 38.0 Å². The predicted molar refractivity (Wildman–Crippen MR) is 123 cm³/mol. The molecule has 0 aliphatic carbocycles. The maximum absolute atomic E-state index is 5.74. The van der Waals surface area contributed by atoms with E-state index >= 15 is 0 Å². The van der Waals surface area contributed by atoms with Crippen molar-refractivity contribution in [3.05, 3.63) is 54.5 Å². The van der Waals surface area contributed by atoms with Gasteiger partial charge in [-0.05, 0) is 69.5 Å². The summed E-state index contributed by atoms with van der Waals surface area (Å²) >= 11 is 0. The lowest BCUT2D eigenvalue weighted by Crippen LogP contribution is -2.41. The van der Waals surface area contributed by atoms with Crippen molar-refractivity contribution in [3.63, 3.8) is 0 Å². The standard InChI is InChI=1S/C24H35N5O/c1-2-25-24(26-17-20-12-15-29(19-20)21-9-4-3-5-10-21)27-18-22(23-11-8-16-30-23)28-13-6-7-14-28/h3-5,8-11,16,20,22H,2,6-7,12-15,17-19H2,1H3,(H2,25,26,27). The van der Waals surface area contributed by atoms with E-state index in [1.807, 2.05) is 6.07 Å². The Kier molecular flexibility index (Phi) is 7.29. The first kappa shape index (κ1) is 20.8. The second kappa shape index (κ2) is 10.5. The van der Waals surface area contributed by atoms with Gasteiger partial charge in [0.2, 0.25) is 0 Å². The fourth-order valence-corrected chi connectivity index (χ4v) is 4.55. The van der Waals surface area contributed by atoms with Crippen LogP contribution in [-0.4, -0.2) is 56.7 Å². The van der Waals surface area contributed by atoms with E-state index in [2.05, 4.69) is 63.8 Å². The molecule has 0 radical (unpaired) electrons. The number of para-hydroxylation sites is 1. The van der Waals surface area contributed by atoms with Crippen LogP contribution in [0, 0.1) is 5.92 Å². The molecule has 6 nitrogen and oxygen atoms in total. The topological polar surface area (TPSA) is 56.0 Å². The summed E-state index contributed by atoms with van der Waals surface area (Å²) in [4.78, 5) is 9.92. The summed E-state index contributed by atoms with van der Waals surface area (Å²) in [6.07, 6.45) is 5.51. The van der Waals surface area contributed by atoms with Crippen LogP contribution in [0.25, 0.3) is 0 Å². The van der Waals surface area contributed by atoms with Gasteiger partial charge in [-0.25, -0.2) is 0 Å². The summed E-state index contributed by atoms with van der Waals surface area (Å²) in [7, 11) is 0. The molecule has 4 rings (SSSR count). The third-order valence-electron chi connectivity index (χ3n) is 6.18. The monoisotopic (exact) mass is 409 g/mol. The number of likely N-dealkylation sites (tertiary alicyclic amines) is 1. The lowest BCUT2D eigenvalue weighted by Gasteiger charge is -2.25. The molecule has 2 fully saturated rings. The number of furan rings is 1. The Balaban J connectivity index is 1.33. The second-order valence-electron chi connectivity index (χ2n) is 8.31. The molecule has 2 N–H and O–H groups in total. The van der Waals surface area contributed by atoms with Crippen molar-refractivity contribution < 1.29 is 4.42 Å². The average Bonchev–Trinajstić information content (AvgIpc) is 3.56. The highest BCUT2D eigenvalue weighted by molar-refractivity contribution is 5.79. The van der Waals surface area contributed by atoms with Crippen LogP contribution in [0.5, 0.6) is 0 Å². The van der Waals surface area contributed by atoms with E-state index in [4.69, 9.17) is 9.41 Å². The molecular formula is C24H35N5O. The minimum Gasteiger partial charge on any atom is -0.468 e. The Labute approximate surface area is 180 Å². The molecule has 2 aliphatic rings. The second-order valence-corrected chi connectivity index (χ2v) is 8.31. The number of aliphatic imine (C=N–C) groups is 1. The minimum atomic E-state index is 0.220. The van der Waals surface area contributed by atoms with Gasteiger partial charge in [0, 0.05) is 31.9 Å². The molecule has 2 unspecified atom stereocenters. The smallest absolute Gasteiger partial charge is 0.191 e. The number of nitrogens with zero attached hydrogens (tertiary/aromatic N) is 3. The van der Waals surface area contributed by atoms with E-state index in [0.29, 0.717) is 12.5 Å². The summed E-state index contributed by atoms with van der Waals surface area (Å²) < 4.78 is 5.74. The zero-order valence-corrected chi connectivity index (χ0v) is 18.1. The third kappa shape index (κ3) is 5.36. The summed E-state index contributed by atoms with van der Waals surface area (Å²) in [5.41, 5.74) is 1.33. The van der Waals surface area contributed by atoms with E-state index in [-0.39, 0.29) is 6.04 Å².